The first-order valence-electron chi connectivity index (χ1n) is 33.8. The summed E-state index contributed by atoms with van der Waals surface area (Å²) in [6.07, 6.45) is 0. The van der Waals surface area contributed by atoms with E-state index in [4.69, 9.17) is 0 Å². The minimum absolute atomic E-state index is 0.301. The van der Waals surface area contributed by atoms with Gasteiger partial charge in [-0.3, -0.25) is 0 Å². The number of hydrogen-bond donors (Lipinski definition) is 0. The monoisotopic (exact) mass is 1220 g/mol. The molecule has 0 unspecified atom stereocenters. The zero-order valence-electron chi connectivity index (χ0n) is 53.7. The first kappa shape index (κ1) is 53.5. The van der Waals surface area contributed by atoms with E-state index in [1.165, 1.54) is 187 Å². The number of para-hydroxylation sites is 6. The maximum absolute atomic E-state index is 2.60. The number of benzene rings is 15. The van der Waals surface area contributed by atoms with Gasteiger partial charge in [-0.25, -0.2) is 0 Å². The lowest BCUT2D eigenvalue weighted by atomic mass is 9.73. The Balaban J connectivity index is 0.858. The molecule has 96 heavy (non-hydrogen) atoms. The molecule has 0 radical (unpaired) electrons. The van der Waals surface area contributed by atoms with Gasteiger partial charge in [0.15, 0.2) is 0 Å². The minimum Gasteiger partial charge on any atom is -0.309 e. The van der Waals surface area contributed by atoms with Crippen molar-refractivity contribution < 1.29 is 0 Å². The molecular formula is C92H62N4. The number of nitrogens with zero attached hydrogens (tertiary/aromatic N) is 4. The minimum atomic E-state index is -0.301. The Bertz CT molecular complexity index is 6040. The summed E-state index contributed by atoms with van der Waals surface area (Å²) < 4.78 is 4.93. The van der Waals surface area contributed by atoms with Crippen molar-refractivity contribution in [1.82, 2.24) is 9.13 Å². The molecule has 4 nitrogen and oxygen atoms in total. The van der Waals surface area contributed by atoms with Crippen LogP contribution in [0.2, 0.25) is 0 Å². The average molecular weight is 1220 g/mol. The summed E-state index contributed by atoms with van der Waals surface area (Å²) in [5.41, 5.74) is 23.8. The summed E-state index contributed by atoms with van der Waals surface area (Å²) in [7, 11) is 0. The highest BCUT2D eigenvalue weighted by Gasteiger charge is 2.41. The van der Waals surface area contributed by atoms with Gasteiger partial charge >= 0.3 is 0 Å². The van der Waals surface area contributed by atoms with Gasteiger partial charge in [0.05, 0.1) is 56.2 Å². The fourth-order valence-electron chi connectivity index (χ4n) is 18.2. The summed E-state index contributed by atoms with van der Waals surface area (Å²) in [5, 5.41) is 20.2. The maximum atomic E-state index is 2.60. The van der Waals surface area contributed by atoms with Crippen LogP contribution in [-0.2, 0) is 10.8 Å². The third-order valence-corrected chi connectivity index (χ3v) is 22.3. The molecule has 19 aromatic rings. The molecule has 0 N–H and O–H groups in total. The lowest BCUT2D eigenvalue weighted by Gasteiger charge is -2.42. The summed E-state index contributed by atoms with van der Waals surface area (Å²) in [6.45, 7) is 9.66. The molecule has 0 atom stereocenters. The van der Waals surface area contributed by atoms with Gasteiger partial charge in [0.25, 0.3) is 0 Å². The molecule has 0 bridgehead atoms. The average Bonchev–Trinajstić information content (AvgIpc) is 1.48. The smallest absolute Gasteiger partial charge is 0.0562 e. The molecule has 4 heterocycles. The molecule has 21 rings (SSSR count). The Morgan fingerprint density at radius 1 is 0.208 bits per heavy atom. The molecule has 17 aromatic carbocycles. The number of fused-ring (bicyclic) bond motifs is 16. The van der Waals surface area contributed by atoms with E-state index in [0.29, 0.717) is 0 Å². The van der Waals surface area contributed by atoms with Crippen molar-refractivity contribution in [3.63, 3.8) is 0 Å². The normalized spacial score (nSPS) is 14.2. The molecule has 0 spiro atoms. The van der Waals surface area contributed by atoms with Crippen LogP contribution < -0.4 is 9.80 Å². The van der Waals surface area contributed by atoms with E-state index in [1.807, 2.05) is 0 Å². The molecule has 0 aliphatic carbocycles. The molecule has 2 aromatic heterocycles. The predicted molar refractivity (Wildman–Crippen MR) is 407 cm³/mol. The van der Waals surface area contributed by atoms with E-state index in [2.05, 4.69) is 350 Å². The van der Waals surface area contributed by atoms with Gasteiger partial charge < -0.3 is 18.9 Å². The van der Waals surface area contributed by atoms with E-state index in [9.17, 15) is 0 Å². The second-order valence-electron chi connectivity index (χ2n) is 27.8. The van der Waals surface area contributed by atoms with Crippen LogP contribution in [0.5, 0.6) is 0 Å². The third kappa shape index (κ3) is 6.97. The van der Waals surface area contributed by atoms with Crippen molar-refractivity contribution in [3.05, 3.63) is 326 Å². The zero-order chi connectivity index (χ0) is 63.4. The first-order valence-corrected chi connectivity index (χ1v) is 33.8. The summed E-state index contributed by atoms with van der Waals surface area (Å²) in [5.74, 6) is 0. The van der Waals surface area contributed by atoms with Crippen LogP contribution in [0.25, 0.3) is 142 Å². The highest BCUT2D eigenvalue weighted by atomic mass is 15.2. The molecule has 0 saturated heterocycles. The van der Waals surface area contributed by atoms with Crippen molar-refractivity contribution in [2.75, 3.05) is 9.80 Å². The maximum Gasteiger partial charge on any atom is 0.0562 e. The van der Waals surface area contributed by atoms with E-state index in [-0.39, 0.29) is 10.8 Å². The molecule has 0 saturated carbocycles. The summed E-state index contributed by atoms with van der Waals surface area (Å²) in [4.78, 5) is 5.20. The third-order valence-electron chi connectivity index (χ3n) is 22.3. The van der Waals surface area contributed by atoms with Crippen molar-refractivity contribution in [2.24, 2.45) is 0 Å². The van der Waals surface area contributed by atoms with Gasteiger partial charge in [-0.05, 0) is 183 Å². The molecule has 2 aliphatic rings. The molecule has 0 amide bonds. The molecule has 450 valence electrons. The number of aromatic nitrogens is 2. The van der Waals surface area contributed by atoms with E-state index in [1.54, 1.807) is 0 Å². The Labute approximate surface area is 555 Å². The van der Waals surface area contributed by atoms with E-state index >= 15 is 0 Å². The van der Waals surface area contributed by atoms with E-state index in [0.717, 1.165) is 11.4 Å². The number of rotatable bonds is 6. The lowest BCUT2D eigenvalue weighted by Crippen LogP contribution is -2.30. The second kappa shape index (κ2) is 19.3. The highest BCUT2D eigenvalue weighted by molar-refractivity contribution is 6.47. The van der Waals surface area contributed by atoms with Crippen LogP contribution in [0.1, 0.15) is 49.9 Å². The van der Waals surface area contributed by atoms with Gasteiger partial charge in [-0.1, -0.05) is 246 Å². The molecule has 2 aliphatic heterocycles. The Morgan fingerprint density at radius 2 is 0.542 bits per heavy atom. The fourth-order valence-corrected chi connectivity index (χ4v) is 18.2. The molecular weight excluding hydrogens is 1160 g/mol. The summed E-state index contributed by atoms with van der Waals surface area (Å²) in [6, 6.07) is 115. The van der Waals surface area contributed by atoms with Crippen molar-refractivity contribution in [1.29, 1.82) is 0 Å². The molecule has 0 fully saturated rings. The topological polar surface area (TPSA) is 16.3 Å². The zero-order valence-corrected chi connectivity index (χ0v) is 53.7. The van der Waals surface area contributed by atoms with Crippen LogP contribution in [0.3, 0.4) is 0 Å². The van der Waals surface area contributed by atoms with Gasteiger partial charge in [0.1, 0.15) is 0 Å². The number of anilines is 6. The Kier molecular flexibility index (Phi) is 10.8. The van der Waals surface area contributed by atoms with Gasteiger partial charge in [-0.15, -0.1) is 0 Å². The van der Waals surface area contributed by atoms with Crippen LogP contribution in [0, 0.1) is 0 Å². The van der Waals surface area contributed by atoms with Crippen LogP contribution >= 0.6 is 0 Å². The summed E-state index contributed by atoms with van der Waals surface area (Å²) >= 11 is 0. The second-order valence-corrected chi connectivity index (χ2v) is 27.8. The van der Waals surface area contributed by atoms with Crippen LogP contribution in [0.4, 0.5) is 34.1 Å². The number of hydrogen-bond acceptors (Lipinski definition) is 2. The van der Waals surface area contributed by atoms with E-state index < -0.39 is 0 Å². The van der Waals surface area contributed by atoms with Gasteiger partial charge in [0.2, 0.25) is 0 Å². The van der Waals surface area contributed by atoms with Crippen molar-refractivity contribution >= 4 is 142 Å². The van der Waals surface area contributed by atoms with Gasteiger partial charge in [0, 0.05) is 54.5 Å². The SMILES string of the molecule is CC1(C)c2ccccc2N(c2ccc3c4c(-c5ccccc5)c5c6cccc7c(N8c9ccccc9C(C)(C)c9cc%10c%11ccccc%11n(-c%11ccccc%11)c%10cc98)ccc(c5c(-c5ccccc5)c4c4cccc2c43)c76)c2cc3c(cc21)c1ccccc1n3-c1ccccc1. The van der Waals surface area contributed by atoms with Crippen LogP contribution in [0.15, 0.2) is 303 Å². The quantitative estimate of drug-likeness (QED) is 0.165. The largest absolute Gasteiger partial charge is 0.309 e. The van der Waals surface area contributed by atoms with Crippen molar-refractivity contribution in [2.45, 2.75) is 38.5 Å². The Hall–Kier alpha value is -12.0. The standard InChI is InChI=1S/C92H62N4/c1-91(2)69-41-19-23-45-77(69)95(81-53-79-67(51-71(81)91)59-35-17-21-43-73(59)93(79)57-31-13-7-14-32-57)75-49-47-65-85-61(75)37-25-39-63(85)87-83(55-27-9-5-10-28-55)90-66-48-50-76(62-38-26-40-64(86(62)66)88(90)84(89(65)87)56-29-11-6-12-30-56)96-78-46-24-20-42-70(78)92(3,4)72-52-68-60-36-18-22-44-74(60)94(80(68)54-82(72)96)58-33-15-8-16-34-58/h5-54H,1-4H3. The molecule has 4 heteroatoms. The van der Waals surface area contributed by atoms with Crippen molar-refractivity contribution in [3.8, 4) is 33.6 Å². The predicted octanol–water partition coefficient (Wildman–Crippen LogP) is 25.2. The fraction of sp³-hybridized carbons (Fsp3) is 0.0652. The highest BCUT2D eigenvalue weighted by Crippen LogP contribution is 2.61. The Morgan fingerprint density at radius 3 is 0.958 bits per heavy atom. The van der Waals surface area contributed by atoms with Crippen LogP contribution in [-0.4, -0.2) is 9.13 Å². The van der Waals surface area contributed by atoms with Gasteiger partial charge in [-0.2, -0.15) is 0 Å². The first-order chi connectivity index (χ1) is 47.2. The lowest BCUT2D eigenvalue weighted by molar-refractivity contribution is 0.633.